The molecule has 0 aliphatic rings. The molecule has 0 aliphatic carbocycles. The number of carbonyl (C=O) groups is 1. The van der Waals surface area contributed by atoms with Crippen molar-refractivity contribution in [3.05, 3.63) is 64.1 Å². The van der Waals surface area contributed by atoms with Crippen molar-refractivity contribution in [3.8, 4) is 0 Å². The van der Waals surface area contributed by atoms with E-state index in [0.29, 0.717) is 16.6 Å². The number of ether oxygens (including phenoxy) is 1. The van der Waals surface area contributed by atoms with E-state index in [1.165, 1.54) is 6.07 Å². The van der Waals surface area contributed by atoms with Crippen LogP contribution in [0.4, 0.5) is 5.69 Å². The maximum absolute atomic E-state index is 12.3. The minimum Gasteiger partial charge on any atom is -0.438 e. The smallest absolute Gasteiger partial charge is 0.341 e. The van der Waals surface area contributed by atoms with Gasteiger partial charge in [0.15, 0.2) is 6.23 Å². The largest absolute Gasteiger partial charge is 0.438 e. The van der Waals surface area contributed by atoms with Gasteiger partial charge in [0.25, 0.3) is 0 Å². The van der Waals surface area contributed by atoms with Crippen molar-refractivity contribution in [3.63, 3.8) is 0 Å². The molecule has 0 N–H and O–H groups in total. The van der Waals surface area contributed by atoms with Gasteiger partial charge in [0, 0.05) is 17.3 Å². The predicted octanol–water partition coefficient (Wildman–Crippen LogP) is 5.02. The minimum atomic E-state index is -0.491. The summed E-state index contributed by atoms with van der Waals surface area (Å²) in [6, 6.07) is 14.5. The lowest BCUT2D eigenvalue weighted by atomic mass is 10.2. The molecule has 0 amide bonds. The summed E-state index contributed by atoms with van der Waals surface area (Å²) in [5.41, 5.74) is 1.26. The van der Waals surface area contributed by atoms with Crippen molar-refractivity contribution in [1.82, 2.24) is 0 Å². The standard InChI is InChI=1S/C17H17Cl2NO2/c1-3-20(14-7-5-4-6-8-14)12(2)22-17(21)15-11-13(18)9-10-16(15)19/h4-12H,3H2,1-2H3. The van der Waals surface area contributed by atoms with Gasteiger partial charge in [-0.3, -0.25) is 0 Å². The van der Waals surface area contributed by atoms with Crippen LogP contribution < -0.4 is 4.90 Å². The molecule has 2 aromatic carbocycles. The second kappa shape index (κ2) is 7.52. The van der Waals surface area contributed by atoms with Gasteiger partial charge in [-0.25, -0.2) is 4.79 Å². The highest BCUT2D eigenvalue weighted by molar-refractivity contribution is 6.35. The number of rotatable bonds is 5. The van der Waals surface area contributed by atoms with Crippen LogP contribution in [0, 0.1) is 0 Å². The lowest BCUT2D eigenvalue weighted by Gasteiger charge is -2.29. The third kappa shape index (κ3) is 3.93. The maximum atomic E-state index is 12.3. The molecule has 2 rings (SSSR count). The minimum absolute atomic E-state index is 0.269. The van der Waals surface area contributed by atoms with Crippen LogP contribution in [0.2, 0.25) is 10.0 Å². The Bertz CT molecular complexity index is 646. The molecule has 0 radical (unpaired) electrons. The Hall–Kier alpha value is -1.71. The van der Waals surface area contributed by atoms with Gasteiger partial charge in [0.2, 0.25) is 0 Å². The van der Waals surface area contributed by atoms with Gasteiger partial charge >= 0.3 is 5.97 Å². The molecule has 3 nitrogen and oxygen atoms in total. The molecule has 0 fully saturated rings. The summed E-state index contributed by atoms with van der Waals surface area (Å²) >= 11 is 11.9. The summed E-state index contributed by atoms with van der Waals surface area (Å²) in [6.07, 6.45) is -0.421. The second-order valence-corrected chi connectivity index (χ2v) is 5.59. The number of halogens is 2. The van der Waals surface area contributed by atoms with E-state index in [1.54, 1.807) is 12.1 Å². The normalized spacial score (nSPS) is 11.8. The highest BCUT2D eigenvalue weighted by Gasteiger charge is 2.20. The molecular weight excluding hydrogens is 321 g/mol. The zero-order chi connectivity index (χ0) is 16.1. The lowest BCUT2D eigenvalue weighted by Crippen LogP contribution is -2.36. The van der Waals surface area contributed by atoms with Crippen LogP contribution in [0.5, 0.6) is 0 Å². The number of para-hydroxylation sites is 1. The van der Waals surface area contributed by atoms with Gasteiger partial charge in [-0.1, -0.05) is 41.4 Å². The van der Waals surface area contributed by atoms with Crippen LogP contribution in [-0.4, -0.2) is 18.7 Å². The summed E-state index contributed by atoms with van der Waals surface area (Å²) in [7, 11) is 0. The van der Waals surface area contributed by atoms with Crippen LogP contribution in [0.25, 0.3) is 0 Å². The van der Waals surface area contributed by atoms with E-state index in [0.717, 1.165) is 5.69 Å². The average molecular weight is 338 g/mol. The number of anilines is 1. The summed E-state index contributed by atoms with van der Waals surface area (Å²) in [5, 5.41) is 0.767. The van der Waals surface area contributed by atoms with Gasteiger partial charge in [0.1, 0.15) is 0 Å². The van der Waals surface area contributed by atoms with Crippen molar-refractivity contribution < 1.29 is 9.53 Å². The molecule has 116 valence electrons. The van der Waals surface area contributed by atoms with Crippen LogP contribution in [0.1, 0.15) is 24.2 Å². The zero-order valence-corrected chi connectivity index (χ0v) is 13.9. The number of esters is 1. The fourth-order valence-electron chi connectivity index (χ4n) is 2.21. The molecule has 0 aliphatic heterocycles. The van der Waals surface area contributed by atoms with Gasteiger partial charge in [0.05, 0.1) is 10.6 Å². The first kappa shape index (κ1) is 16.7. The van der Waals surface area contributed by atoms with Crippen molar-refractivity contribution in [1.29, 1.82) is 0 Å². The first-order valence-electron chi connectivity index (χ1n) is 7.00. The SMILES string of the molecule is CCN(c1ccccc1)C(C)OC(=O)c1cc(Cl)ccc1Cl. The van der Waals surface area contributed by atoms with E-state index >= 15 is 0 Å². The summed E-state index contributed by atoms with van der Waals surface area (Å²) < 4.78 is 5.52. The van der Waals surface area contributed by atoms with Crippen LogP contribution in [-0.2, 0) is 4.74 Å². The molecular formula is C17H17Cl2NO2. The van der Waals surface area contributed by atoms with E-state index in [-0.39, 0.29) is 5.56 Å². The van der Waals surface area contributed by atoms with Crippen molar-refractivity contribution in [2.75, 3.05) is 11.4 Å². The molecule has 0 saturated heterocycles. The third-order valence-electron chi connectivity index (χ3n) is 3.29. The zero-order valence-electron chi connectivity index (χ0n) is 12.4. The molecule has 0 saturated carbocycles. The van der Waals surface area contributed by atoms with Crippen molar-refractivity contribution in [2.24, 2.45) is 0 Å². The predicted molar refractivity (Wildman–Crippen MR) is 90.8 cm³/mol. The van der Waals surface area contributed by atoms with Gasteiger partial charge < -0.3 is 9.64 Å². The summed E-state index contributed by atoms with van der Waals surface area (Å²) in [4.78, 5) is 14.3. The van der Waals surface area contributed by atoms with Gasteiger partial charge in [-0.05, 0) is 44.2 Å². The summed E-state index contributed by atoms with van der Waals surface area (Å²) in [6.45, 7) is 4.54. The monoisotopic (exact) mass is 337 g/mol. The van der Waals surface area contributed by atoms with E-state index in [4.69, 9.17) is 27.9 Å². The number of carbonyl (C=O) groups excluding carboxylic acids is 1. The molecule has 1 atom stereocenters. The van der Waals surface area contributed by atoms with E-state index in [9.17, 15) is 4.79 Å². The van der Waals surface area contributed by atoms with E-state index in [2.05, 4.69) is 0 Å². The second-order valence-electron chi connectivity index (χ2n) is 4.75. The quantitative estimate of drug-likeness (QED) is 0.566. The molecule has 0 heterocycles. The van der Waals surface area contributed by atoms with Crippen LogP contribution in [0.3, 0.4) is 0 Å². The average Bonchev–Trinajstić information content (AvgIpc) is 2.51. The Balaban J connectivity index is 2.15. The molecule has 5 heteroatoms. The molecule has 1 unspecified atom stereocenters. The third-order valence-corrected chi connectivity index (χ3v) is 3.86. The first-order chi connectivity index (χ1) is 10.5. The fraction of sp³-hybridized carbons (Fsp3) is 0.235. The number of hydrogen-bond donors (Lipinski definition) is 0. The number of benzene rings is 2. The Morgan fingerprint density at radius 3 is 2.50 bits per heavy atom. The maximum Gasteiger partial charge on any atom is 0.341 e. The molecule has 0 spiro atoms. The first-order valence-corrected chi connectivity index (χ1v) is 7.76. The fourth-order valence-corrected chi connectivity index (χ4v) is 2.57. The number of hydrogen-bond acceptors (Lipinski definition) is 3. The highest BCUT2D eigenvalue weighted by atomic mass is 35.5. The van der Waals surface area contributed by atoms with E-state index in [1.807, 2.05) is 49.1 Å². The molecule has 22 heavy (non-hydrogen) atoms. The Morgan fingerprint density at radius 2 is 1.86 bits per heavy atom. The topological polar surface area (TPSA) is 29.5 Å². The van der Waals surface area contributed by atoms with Crippen molar-refractivity contribution >= 4 is 34.9 Å². The molecule has 0 aromatic heterocycles. The van der Waals surface area contributed by atoms with Crippen molar-refractivity contribution in [2.45, 2.75) is 20.1 Å². The van der Waals surface area contributed by atoms with Crippen LogP contribution in [0.15, 0.2) is 48.5 Å². The van der Waals surface area contributed by atoms with Gasteiger partial charge in [-0.15, -0.1) is 0 Å². The summed E-state index contributed by atoms with van der Waals surface area (Å²) in [5.74, 6) is -0.491. The van der Waals surface area contributed by atoms with Gasteiger partial charge in [-0.2, -0.15) is 0 Å². The Morgan fingerprint density at radius 1 is 1.18 bits per heavy atom. The Kier molecular flexibility index (Phi) is 5.69. The molecule has 0 bridgehead atoms. The number of nitrogens with zero attached hydrogens (tertiary/aromatic N) is 1. The van der Waals surface area contributed by atoms with Crippen LogP contribution >= 0.6 is 23.2 Å². The van der Waals surface area contributed by atoms with E-state index < -0.39 is 12.2 Å². The Labute approximate surface area is 140 Å². The lowest BCUT2D eigenvalue weighted by molar-refractivity contribution is 0.0336. The molecule has 2 aromatic rings. The highest BCUT2D eigenvalue weighted by Crippen LogP contribution is 2.23.